The van der Waals surface area contributed by atoms with Gasteiger partial charge in [0.2, 0.25) is 5.91 Å². The summed E-state index contributed by atoms with van der Waals surface area (Å²) in [5.74, 6) is 1.03. The van der Waals surface area contributed by atoms with Crippen molar-refractivity contribution in [2.24, 2.45) is 5.92 Å². The molecule has 1 aliphatic heterocycles. The van der Waals surface area contributed by atoms with Crippen LogP contribution in [0.1, 0.15) is 66.7 Å². The van der Waals surface area contributed by atoms with Crippen molar-refractivity contribution < 1.29 is 4.79 Å². The number of hydrogen-bond donors (Lipinski definition) is 2. The third kappa shape index (κ3) is 5.24. The molecule has 2 fully saturated rings. The summed E-state index contributed by atoms with van der Waals surface area (Å²) in [5, 5.41) is 4.93. The van der Waals surface area contributed by atoms with Gasteiger partial charge in [-0.3, -0.25) is 9.78 Å². The van der Waals surface area contributed by atoms with E-state index in [1.807, 2.05) is 12.4 Å². The highest BCUT2D eigenvalue weighted by atomic mass is 32.1. The Morgan fingerprint density at radius 3 is 2.52 bits per heavy atom. The van der Waals surface area contributed by atoms with E-state index in [9.17, 15) is 4.79 Å². The highest BCUT2D eigenvalue weighted by Gasteiger charge is 2.45. The molecular formula is C34H42N4OS. The monoisotopic (exact) mass is 554 g/mol. The van der Waals surface area contributed by atoms with Crippen molar-refractivity contribution >= 4 is 27.5 Å². The van der Waals surface area contributed by atoms with Crippen LogP contribution in [0.25, 0.3) is 21.5 Å². The topological polar surface area (TPSA) is 61.0 Å². The average Bonchev–Trinajstić information content (AvgIpc) is 3.48. The highest BCUT2D eigenvalue weighted by molar-refractivity contribution is 7.19. The van der Waals surface area contributed by atoms with Crippen molar-refractivity contribution in [2.75, 3.05) is 19.6 Å². The van der Waals surface area contributed by atoms with Gasteiger partial charge in [0.05, 0.1) is 11.1 Å². The molecule has 0 bridgehead atoms. The molecule has 40 heavy (non-hydrogen) atoms. The SMILES string of the molecule is Cc1cc(C)cc(-c2[nH]c3sc(C(C)(C)C(=O)N4CCCC5CCC54)cc3c2CCNCCc2ccncc2)c1. The fourth-order valence-electron chi connectivity index (χ4n) is 6.79. The molecule has 4 heterocycles. The number of aryl methyl sites for hydroxylation is 2. The van der Waals surface area contributed by atoms with Crippen molar-refractivity contribution in [3.8, 4) is 11.3 Å². The number of rotatable bonds is 9. The van der Waals surface area contributed by atoms with E-state index in [4.69, 9.17) is 0 Å². The van der Waals surface area contributed by atoms with E-state index in [1.165, 1.54) is 67.9 Å². The lowest BCUT2D eigenvalue weighted by atomic mass is 9.72. The third-order valence-corrected chi connectivity index (χ3v) is 10.5. The molecule has 0 spiro atoms. The fraction of sp³-hybridized carbons (Fsp3) is 0.471. The van der Waals surface area contributed by atoms with Crippen LogP contribution in [0.5, 0.6) is 0 Å². The van der Waals surface area contributed by atoms with E-state index in [1.54, 1.807) is 11.3 Å². The molecule has 0 radical (unpaired) electrons. The lowest BCUT2D eigenvalue weighted by Crippen LogP contribution is -2.57. The van der Waals surface area contributed by atoms with Crippen molar-refractivity contribution in [3.63, 3.8) is 0 Å². The lowest BCUT2D eigenvalue weighted by Gasteiger charge is -2.50. The van der Waals surface area contributed by atoms with Gasteiger partial charge in [-0.05, 0) is 132 Å². The maximum absolute atomic E-state index is 13.9. The van der Waals surface area contributed by atoms with Crippen LogP contribution in [0.4, 0.5) is 0 Å². The van der Waals surface area contributed by atoms with E-state index in [-0.39, 0.29) is 0 Å². The molecule has 2 aliphatic rings. The van der Waals surface area contributed by atoms with Crippen molar-refractivity contribution in [1.82, 2.24) is 20.2 Å². The van der Waals surface area contributed by atoms with Crippen LogP contribution in [-0.2, 0) is 23.1 Å². The summed E-state index contributed by atoms with van der Waals surface area (Å²) in [5.41, 5.74) is 7.14. The van der Waals surface area contributed by atoms with Gasteiger partial charge in [0.15, 0.2) is 0 Å². The number of pyridine rings is 1. The Labute approximate surface area is 242 Å². The number of aromatic nitrogens is 2. The van der Waals surface area contributed by atoms with Gasteiger partial charge in [-0.15, -0.1) is 11.3 Å². The Balaban J connectivity index is 1.27. The molecule has 2 unspecified atom stereocenters. The van der Waals surface area contributed by atoms with Gasteiger partial charge in [-0.2, -0.15) is 0 Å². The van der Waals surface area contributed by atoms with Crippen LogP contribution in [0.3, 0.4) is 0 Å². The van der Waals surface area contributed by atoms with Crippen molar-refractivity contribution in [2.45, 2.75) is 77.7 Å². The molecule has 4 aromatic rings. The summed E-state index contributed by atoms with van der Waals surface area (Å²) < 4.78 is 0. The Bertz CT molecular complexity index is 1480. The van der Waals surface area contributed by atoms with Gasteiger partial charge in [0, 0.05) is 35.2 Å². The molecule has 2 atom stereocenters. The number of H-pyrrole nitrogens is 1. The smallest absolute Gasteiger partial charge is 0.233 e. The molecule has 210 valence electrons. The Morgan fingerprint density at radius 1 is 1.05 bits per heavy atom. The van der Waals surface area contributed by atoms with E-state index in [2.05, 4.69) is 84.3 Å². The molecule has 2 N–H and O–H groups in total. The van der Waals surface area contributed by atoms with E-state index < -0.39 is 5.41 Å². The molecule has 1 amide bonds. The van der Waals surface area contributed by atoms with Gasteiger partial charge in [-0.1, -0.05) is 17.2 Å². The lowest BCUT2D eigenvalue weighted by molar-refractivity contribution is -0.145. The number of benzene rings is 1. The summed E-state index contributed by atoms with van der Waals surface area (Å²) in [6.07, 6.45) is 10.5. The van der Waals surface area contributed by atoms with Gasteiger partial charge in [0.25, 0.3) is 0 Å². The minimum Gasteiger partial charge on any atom is -0.346 e. The maximum atomic E-state index is 13.9. The van der Waals surface area contributed by atoms with Crippen LogP contribution >= 0.6 is 11.3 Å². The number of amides is 1. The number of carbonyl (C=O) groups is 1. The molecule has 3 aromatic heterocycles. The van der Waals surface area contributed by atoms with Crippen molar-refractivity contribution in [1.29, 1.82) is 0 Å². The predicted molar refractivity (Wildman–Crippen MR) is 166 cm³/mol. The molecular weight excluding hydrogens is 512 g/mol. The summed E-state index contributed by atoms with van der Waals surface area (Å²) >= 11 is 1.77. The normalized spacial score (nSPS) is 19.1. The second-order valence-corrected chi connectivity index (χ2v) is 13.5. The van der Waals surface area contributed by atoms with Crippen molar-refractivity contribution in [3.05, 3.63) is 75.9 Å². The van der Waals surface area contributed by atoms with Crippen LogP contribution in [0, 0.1) is 19.8 Å². The summed E-state index contributed by atoms with van der Waals surface area (Å²) in [6, 6.07) is 13.7. The first-order valence-electron chi connectivity index (χ1n) is 15.0. The molecule has 6 heteroatoms. The number of aromatic amines is 1. The Kier molecular flexibility index (Phi) is 7.58. The third-order valence-electron chi connectivity index (χ3n) is 9.16. The van der Waals surface area contributed by atoms with Gasteiger partial charge >= 0.3 is 0 Å². The number of thiophene rings is 1. The molecule has 1 aromatic carbocycles. The zero-order chi connectivity index (χ0) is 27.9. The largest absolute Gasteiger partial charge is 0.346 e. The summed E-state index contributed by atoms with van der Waals surface area (Å²) in [6.45, 7) is 11.4. The number of nitrogens with zero attached hydrogens (tertiary/aromatic N) is 2. The number of carbonyl (C=O) groups excluding carboxylic acids is 1. The minimum absolute atomic E-state index is 0.305. The zero-order valence-electron chi connectivity index (χ0n) is 24.3. The number of likely N-dealkylation sites (tertiary alicyclic amines) is 1. The predicted octanol–water partition coefficient (Wildman–Crippen LogP) is 6.96. The molecule has 6 rings (SSSR count). The first-order valence-corrected chi connectivity index (χ1v) is 15.8. The van der Waals surface area contributed by atoms with E-state index >= 15 is 0 Å². The highest BCUT2D eigenvalue weighted by Crippen LogP contribution is 2.44. The fourth-order valence-corrected chi connectivity index (χ4v) is 7.97. The number of fused-ring (bicyclic) bond motifs is 2. The van der Waals surface area contributed by atoms with Crippen LogP contribution in [0.2, 0.25) is 0 Å². The first-order chi connectivity index (χ1) is 19.3. The molecule has 1 saturated heterocycles. The summed E-state index contributed by atoms with van der Waals surface area (Å²) in [4.78, 5) is 26.4. The Morgan fingerprint density at radius 2 is 1.80 bits per heavy atom. The van der Waals surface area contributed by atoms with Crippen LogP contribution in [-0.4, -0.2) is 46.5 Å². The van der Waals surface area contributed by atoms with E-state index in [0.717, 1.165) is 44.8 Å². The van der Waals surface area contributed by atoms with Gasteiger partial charge in [0.1, 0.15) is 4.83 Å². The Hall–Kier alpha value is -2.96. The van der Waals surface area contributed by atoms with Gasteiger partial charge in [-0.25, -0.2) is 0 Å². The second kappa shape index (κ2) is 11.1. The number of nitrogens with one attached hydrogen (secondary N) is 2. The molecule has 1 saturated carbocycles. The molecule has 5 nitrogen and oxygen atoms in total. The average molecular weight is 555 g/mol. The number of hydrogen-bond acceptors (Lipinski definition) is 4. The summed E-state index contributed by atoms with van der Waals surface area (Å²) in [7, 11) is 0. The second-order valence-electron chi connectivity index (χ2n) is 12.5. The van der Waals surface area contributed by atoms with Crippen LogP contribution in [0.15, 0.2) is 48.8 Å². The van der Waals surface area contributed by atoms with E-state index in [0.29, 0.717) is 11.9 Å². The zero-order valence-corrected chi connectivity index (χ0v) is 25.2. The quantitative estimate of drug-likeness (QED) is 0.220. The number of piperidine rings is 1. The molecule has 1 aliphatic carbocycles. The van der Waals surface area contributed by atoms with Gasteiger partial charge < -0.3 is 15.2 Å². The first kappa shape index (κ1) is 27.2. The standard InChI is InChI=1S/C34H42N4OS/c1-22-18-23(2)20-26(19-22)31-27(12-16-36-15-11-24-9-13-35-14-10-24)28-21-30(40-32(28)37-31)34(3,4)33(39)38-17-5-6-25-7-8-29(25)38/h9-10,13-14,18-21,25,29,36-37H,5-8,11-12,15-17H2,1-4H3. The minimum atomic E-state index is -0.526. The van der Waals surface area contributed by atoms with Crippen LogP contribution < -0.4 is 5.32 Å². The maximum Gasteiger partial charge on any atom is 0.233 e.